The molecule has 1 saturated carbocycles. The second-order valence-corrected chi connectivity index (χ2v) is 7.48. The van der Waals surface area contributed by atoms with Crippen molar-refractivity contribution in [1.82, 2.24) is 10.6 Å². The van der Waals surface area contributed by atoms with Gasteiger partial charge < -0.3 is 24.8 Å². The van der Waals surface area contributed by atoms with E-state index in [1.54, 1.807) is 28.4 Å². The van der Waals surface area contributed by atoms with E-state index in [0.717, 1.165) is 24.5 Å². The number of nitrogens with one attached hydrogen (secondary N) is 2. The molecule has 3 rings (SSSR count). The number of benzene rings is 2. The summed E-state index contributed by atoms with van der Waals surface area (Å²) in [5, 5.41) is 6.87. The Morgan fingerprint density at radius 1 is 0.931 bits per heavy atom. The number of hydrogen-bond donors (Lipinski definition) is 2. The van der Waals surface area contributed by atoms with Crippen LogP contribution in [0.15, 0.2) is 47.5 Å². The van der Waals surface area contributed by atoms with Gasteiger partial charge in [-0.3, -0.25) is 4.99 Å². The van der Waals surface area contributed by atoms with Crippen LogP contribution >= 0.6 is 0 Å². The van der Waals surface area contributed by atoms with Crippen molar-refractivity contribution in [2.24, 2.45) is 10.4 Å². The van der Waals surface area contributed by atoms with Crippen molar-refractivity contribution in [3.63, 3.8) is 0 Å². The molecule has 1 aliphatic rings. The molecule has 0 amide bonds. The van der Waals surface area contributed by atoms with Crippen molar-refractivity contribution in [2.75, 3.05) is 34.9 Å². The average Bonchev–Trinajstić information content (AvgIpc) is 3.53. The van der Waals surface area contributed by atoms with Gasteiger partial charge in [-0.25, -0.2) is 0 Å². The summed E-state index contributed by atoms with van der Waals surface area (Å²) >= 11 is 0. The van der Waals surface area contributed by atoms with Gasteiger partial charge in [0, 0.05) is 20.1 Å². The normalized spacial score (nSPS) is 14.8. The van der Waals surface area contributed by atoms with Crippen LogP contribution in [0.4, 0.5) is 0 Å². The second kappa shape index (κ2) is 9.54. The molecular weight excluding hydrogens is 366 g/mol. The lowest BCUT2D eigenvalue weighted by Crippen LogP contribution is -2.40. The molecule has 1 fully saturated rings. The van der Waals surface area contributed by atoms with E-state index in [0.29, 0.717) is 29.2 Å². The monoisotopic (exact) mass is 397 g/mol. The predicted molar refractivity (Wildman–Crippen MR) is 116 cm³/mol. The Balaban J connectivity index is 1.57. The third-order valence-electron chi connectivity index (χ3n) is 5.42. The smallest absolute Gasteiger partial charge is 0.203 e. The fourth-order valence-electron chi connectivity index (χ4n) is 3.54. The maximum absolute atomic E-state index is 5.43. The molecule has 0 atom stereocenters. The first kappa shape index (κ1) is 20.8. The van der Waals surface area contributed by atoms with E-state index in [1.165, 1.54) is 18.4 Å². The molecule has 156 valence electrons. The largest absolute Gasteiger partial charge is 0.493 e. The molecule has 0 aromatic heterocycles. The van der Waals surface area contributed by atoms with Gasteiger partial charge >= 0.3 is 0 Å². The number of rotatable bonds is 9. The molecule has 2 aromatic rings. The second-order valence-electron chi connectivity index (χ2n) is 7.48. The van der Waals surface area contributed by atoms with E-state index in [1.807, 2.05) is 12.1 Å². The van der Waals surface area contributed by atoms with Gasteiger partial charge in [0.1, 0.15) is 0 Å². The van der Waals surface area contributed by atoms with Gasteiger partial charge in [0.05, 0.1) is 21.3 Å². The highest BCUT2D eigenvalue weighted by molar-refractivity contribution is 5.79. The van der Waals surface area contributed by atoms with Gasteiger partial charge in [-0.1, -0.05) is 30.3 Å². The molecule has 1 aliphatic carbocycles. The highest BCUT2D eigenvalue weighted by atomic mass is 16.5. The lowest BCUT2D eigenvalue weighted by atomic mass is 9.96. The maximum atomic E-state index is 5.43. The van der Waals surface area contributed by atoms with E-state index in [-0.39, 0.29) is 0 Å². The standard InChI is InChI=1S/C23H31N3O3/c1-24-22(26-16-23(10-11-23)14-17-8-6-5-7-9-17)25-15-18-12-19(27-2)21(29-4)20(13-18)28-3/h5-9,12-13H,10-11,14-16H2,1-4H3,(H2,24,25,26). The van der Waals surface area contributed by atoms with Crippen LogP contribution in [-0.2, 0) is 13.0 Å². The fourth-order valence-corrected chi connectivity index (χ4v) is 3.54. The Labute approximate surface area is 173 Å². The van der Waals surface area contributed by atoms with Crippen LogP contribution in [0.1, 0.15) is 24.0 Å². The summed E-state index contributed by atoms with van der Waals surface area (Å²) in [7, 11) is 6.64. The van der Waals surface area contributed by atoms with Crippen molar-refractivity contribution >= 4 is 5.96 Å². The number of aliphatic imine (C=N–C) groups is 1. The zero-order valence-corrected chi connectivity index (χ0v) is 17.7. The van der Waals surface area contributed by atoms with Crippen molar-refractivity contribution < 1.29 is 14.2 Å². The summed E-state index contributed by atoms with van der Waals surface area (Å²) < 4.78 is 16.2. The summed E-state index contributed by atoms with van der Waals surface area (Å²) in [5.41, 5.74) is 2.76. The molecule has 0 bridgehead atoms. The van der Waals surface area contributed by atoms with Crippen LogP contribution in [-0.4, -0.2) is 40.9 Å². The van der Waals surface area contributed by atoms with Crippen molar-refractivity contribution in [3.05, 3.63) is 53.6 Å². The SMILES string of the molecule is CN=C(NCc1cc(OC)c(OC)c(OC)c1)NCC1(Cc2ccccc2)CC1. The van der Waals surface area contributed by atoms with Gasteiger partial charge in [0.25, 0.3) is 0 Å². The van der Waals surface area contributed by atoms with Gasteiger partial charge in [-0.05, 0) is 47.9 Å². The van der Waals surface area contributed by atoms with Crippen LogP contribution in [0.2, 0.25) is 0 Å². The minimum absolute atomic E-state index is 0.339. The summed E-state index contributed by atoms with van der Waals surface area (Å²) in [6.07, 6.45) is 3.60. The van der Waals surface area contributed by atoms with Crippen LogP contribution in [0.3, 0.4) is 0 Å². The van der Waals surface area contributed by atoms with Crippen molar-refractivity contribution in [3.8, 4) is 17.2 Å². The van der Waals surface area contributed by atoms with E-state index in [9.17, 15) is 0 Å². The average molecular weight is 398 g/mol. The Kier molecular flexibility index (Phi) is 6.86. The van der Waals surface area contributed by atoms with E-state index in [4.69, 9.17) is 14.2 Å². The lowest BCUT2D eigenvalue weighted by molar-refractivity contribution is 0.323. The lowest BCUT2D eigenvalue weighted by Gasteiger charge is -2.19. The topological polar surface area (TPSA) is 64.1 Å². The Morgan fingerprint density at radius 2 is 1.59 bits per heavy atom. The third-order valence-corrected chi connectivity index (χ3v) is 5.42. The first-order valence-electron chi connectivity index (χ1n) is 9.90. The Hall–Kier alpha value is -2.89. The van der Waals surface area contributed by atoms with Crippen LogP contribution in [0, 0.1) is 5.41 Å². The number of guanidine groups is 1. The van der Waals surface area contributed by atoms with Crippen molar-refractivity contribution in [1.29, 1.82) is 0 Å². The molecule has 6 heteroatoms. The molecule has 0 unspecified atom stereocenters. The minimum Gasteiger partial charge on any atom is -0.493 e. The quantitative estimate of drug-likeness (QED) is 0.502. The summed E-state index contributed by atoms with van der Waals surface area (Å²) in [4.78, 5) is 4.37. The summed E-state index contributed by atoms with van der Waals surface area (Å²) in [6.45, 7) is 1.51. The van der Waals surface area contributed by atoms with Crippen LogP contribution in [0.5, 0.6) is 17.2 Å². The zero-order valence-electron chi connectivity index (χ0n) is 17.7. The van der Waals surface area contributed by atoms with Gasteiger partial charge in [-0.15, -0.1) is 0 Å². The molecule has 0 heterocycles. The molecule has 6 nitrogen and oxygen atoms in total. The van der Waals surface area contributed by atoms with Gasteiger partial charge in [-0.2, -0.15) is 0 Å². The zero-order chi connectivity index (χ0) is 20.7. The predicted octanol–water partition coefficient (Wildman–Crippen LogP) is 3.40. The van der Waals surface area contributed by atoms with E-state index >= 15 is 0 Å². The first-order chi connectivity index (χ1) is 14.1. The number of methoxy groups -OCH3 is 3. The highest BCUT2D eigenvalue weighted by Gasteiger charge is 2.42. The number of hydrogen-bond acceptors (Lipinski definition) is 4. The van der Waals surface area contributed by atoms with E-state index < -0.39 is 0 Å². The molecule has 2 aromatic carbocycles. The molecule has 0 radical (unpaired) electrons. The van der Waals surface area contributed by atoms with Crippen LogP contribution < -0.4 is 24.8 Å². The maximum Gasteiger partial charge on any atom is 0.203 e. The van der Waals surface area contributed by atoms with E-state index in [2.05, 4.69) is 46.0 Å². The molecular formula is C23H31N3O3. The van der Waals surface area contributed by atoms with Gasteiger partial charge in [0.2, 0.25) is 5.75 Å². The molecule has 0 aliphatic heterocycles. The van der Waals surface area contributed by atoms with Gasteiger partial charge in [0.15, 0.2) is 17.5 Å². The highest BCUT2D eigenvalue weighted by Crippen LogP contribution is 2.47. The Morgan fingerprint density at radius 3 is 2.10 bits per heavy atom. The third kappa shape index (κ3) is 5.34. The molecule has 2 N–H and O–H groups in total. The number of nitrogens with zero attached hydrogens (tertiary/aromatic N) is 1. The summed E-state index contributed by atoms with van der Waals surface area (Å²) in [5.74, 6) is 2.67. The molecule has 0 spiro atoms. The van der Waals surface area contributed by atoms with Crippen molar-refractivity contribution in [2.45, 2.75) is 25.8 Å². The Bertz CT molecular complexity index is 808. The minimum atomic E-state index is 0.339. The number of ether oxygens (including phenoxy) is 3. The fraction of sp³-hybridized carbons (Fsp3) is 0.435. The first-order valence-corrected chi connectivity index (χ1v) is 9.90. The van der Waals surface area contributed by atoms with Crippen LogP contribution in [0.25, 0.3) is 0 Å². The molecule has 29 heavy (non-hydrogen) atoms. The summed E-state index contributed by atoms with van der Waals surface area (Å²) in [6, 6.07) is 14.6. The molecule has 0 saturated heterocycles.